The third-order valence-electron chi connectivity index (χ3n) is 5.61. The minimum absolute atomic E-state index is 0. The summed E-state index contributed by atoms with van der Waals surface area (Å²) in [6.45, 7) is 0. The van der Waals surface area contributed by atoms with Crippen LogP contribution in [0, 0.1) is 30.1 Å². The Morgan fingerprint density at radius 3 is 2.28 bits per heavy atom. The van der Waals surface area contributed by atoms with Crippen molar-refractivity contribution in [3.8, 4) is 0 Å². The third kappa shape index (κ3) is 3.77. The van der Waals surface area contributed by atoms with Gasteiger partial charge in [0.05, 0.1) is 0 Å². The molecule has 1 nitrogen and oxygen atoms in total. The molecule has 0 spiro atoms. The summed E-state index contributed by atoms with van der Waals surface area (Å²) in [4.78, 5) is 11.5. The molecule has 0 radical (unpaired) electrons. The quantitative estimate of drug-likeness (QED) is 0.663. The van der Waals surface area contributed by atoms with Crippen LogP contribution in [0.4, 0.5) is 0 Å². The van der Waals surface area contributed by atoms with E-state index in [1.54, 1.807) is 0 Å². The maximum absolute atomic E-state index is 11.5. The van der Waals surface area contributed by atoms with Gasteiger partial charge >= 0.3 is 58.2 Å². The number of fused-ring (bicyclic) bond motifs is 1. The van der Waals surface area contributed by atoms with E-state index >= 15 is 0 Å². The van der Waals surface area contributed by atoms with Gasteiger partial charge in [0.25, 0.3) is 0 Å². The topological polar surface area (TPSA) is 17.1 Å². The Labute approximate surface area is 161 Å². The summed E-state index contributed by atoms with van der Waals surface area (Å²) in [5.41, 5.74) is 0. The van der Waals surface area contributed by atoms with Crippen LogP contribution in [0.1, 0.15) is 64.2 Å². The van der Waals surface area contributed by atoms with Crippen LogP contribution in [0.2, 0.25) is 0 Å². The normalized spacial score (nSPS) is 37.8. The number of rotatable bonds is 1. The molecule has 0 N–H and O–H groups in total. The fourth-order valence-corrected chi connectivity index (χ4v) is 4.58. The van der Waals surface area contributed by atoms with Crippen molar-refractivity contribution in [1.82, 2.24) is 0 Å². The standard InChI is InChI=1S/C16H25O.Rb/c17-16-9-8-14-10-13(6-7-15(14)11-16)12-4-2-1-3-5-12;/h1,12-15H,2-11H2;/q-1;+1. The first-order valence-corrected chi connectivity index (χ1v) is 7.66. The average Bonchev–Trinajstić information content (AvgIpc) is 2.39. The molecule has 2 heteroatoms. The van der Waals surface area contributed by atoms with Gasteiger partial charge in [0.15, 0.2) is 0 Å². The summed E-state index contributed by atoms with van der Waals surface area (Å²) in [6.07, 6.45) is 15.3. The van der Waals surface area contributed by atoms with E-state index in [4.69, 9.17) is 0 Å². The second kappa shape index (κ2) is 7.47. The van der Waals surface area contributed by atoms with Crippen molar-refractivity contribution in [2.75, 3.05) is 0 Å². The van der Waals surface area contributed by atoms with Crippen molar-refractivity contribution < 1.29 is 63.0 Å². The predicted molar refractivity (Wildman–Crippen MR) is 69.4 cm³/mol. The summed E-state index contributed by atoms with van der Waals surface area (Å²) in [7, 11) is 0. The number of hydrogen-bond acceptors (Lipinski definition) is 1. The molecule has 0 saturated heterocycles. The van der Waals surface area contributed by atoms with Crippen molar-refractivity contribution in [1.29, 1.82) is 0 Å². The van der Waals surface area contributed by atoms with Gasteiger partial charge in [-0.05, 0) is 49.4 Å². The summed E-state index contributed by atoms with van der Waals surface area (Å²) in [5, 5.41) is 0. The number of carbonyl (C=O) groups is 1. The van der Waals surface area contributed by atoms with Crippen LogP contribution in [0.15, 0.2) is 0 Å². The van der Waals surface area contributed by atoms with Crippen LogP contribution in [-0.4, -0.2) is 5.78 Å². The van der Waals surface area contributed by atoms with Crippen LogP contribution in [0.25, 0.3) is 0 Å². The average molecular weight is 319 g/mol. The Hall–Kier alpha value is 1.48. The molecule has 3 aliphatic rings. The Kier molecular flexibility index (Phi) is 6.58. The maximum atomic E-state index is 11.5. The van der Waals surface area contributed by atoms with E-state index in [1.807, 2.05) is 0 Å². The first-order chi connectivity index (χ1) is 8.33. The molecule has 3 atom stereocenters. The van der Waals surface area contributed by atoms with Crippen molar-refractivity contribution in [3.63, 3.8) is 0 Å². The SMILES string of the molecule is O=C1CCC2CC(C3CC[CH-]CC3)CCC2C1.[Rb+]. The second-order valence-electron chi connectivity index (χ2n) is 6.58. The number of carbonyl (C=O) groups excluding carboxylic acids is 1. The molecule has 3 unspecified atom stereocenters. The molecule has 0 bridgehead atoms. The Balaban J connectivity index is 0.00000120. The Morgan fingerprint density at radius 1 is 0.833 bits per heavy atom. The first kappa shape index (κ1) is 15.9. The van der Waals surface area contributed by atoms with E-state index in [-0.39, 0.29) is 58.2 Å². The van der Waals surface area contributed by atoms with Crippen LogP contribution in [0.5, 0.6) is 0 Å². The molecule has 3 rings (SSSR count). The van der Waals surface area contributed by atoms with E-state index in [9.17, 15) is 4.79 Å². The molecule has 3 saturated carbocycles. The minimum Gasteiger partial charge on any atom is -0.328 e. The van der Waals surface area contributed by atoms with Crippen LogP contribution < -0.4 is 58.2 Å². The van der Waals surface area contributed by atoms with Gasteiger partial charge < -0.3 is 6.42 Å². The summed E-state index contributed by atoms with van der Waals surface area (Å²) in [5.74, 6) is 4.22. The minimum atomic E-state index is 0. The zero-order valence-corrected chi connectivity index (χ0v) is 16.8. The van der Waals surface area contributed by atoms with Crippen molar-refractivity contribution in [2.24, 2.45) is 23.7 Å². The van der Waals surface area contributed by atoms with Crippen molar-refractivity contribution in [3.05, 3.63) is 6.42 Å². The largest absolute Gasteiger partial charge is 1.00 e. The summed E-state index contributed by atoms with van der Waals surface area (Å²) < 4.78 is 0. The van der Waals surface area contributed by atoms with E-state index in [0.29, 0.717) is 5.78 Å². The zero-order chi connectivity index (χ0) is 11.7. The van der Waals surface area contributed by atoms with Gasteiger partial charge in [-0.25, -0.2) is 0 Å². The van der Waals surface area contributed by atoms with Gasteiger partial charge in [-0.1, -0.05) is 12.8 Å². The van der Waals surface area contributed by atoms with Gasteiger partial charge in [-0.2, -0.15) is 12.8 Å². The molecule has 0 aromatic rings. The fourth-order valence-electron chi connectivity index (χ4n) is 4.58. The molecular weight excluding hydrogens is 294 g/mol. The number of Topliss-reactive ketones (excluding diaryl/α,β-unsaturated/α-hetero) is 1. The van der Waals surface area contributed by atoms with Gasteiger partial charge in [0, 0.05) is 12.8 Å². The maximum Gasteiger partial charge on any atom is 1.00 e. The molecule has 18 heavy (non-hydrogen) atoms. The third-order valence-corrected chi connectivity index (χ3v) is 5.61. The summed E-state index contributed by atoms with van der Waals surface area (Å²) >= 11 is 0. The van der Waals surface area contributed by atoms with Gasteiger partial charge in [0.1, 0.15) is 5.78 Å². The summed E-state index contributed by atoms with van der Waals surface area (Å²) in [6, 6.07) is 0. The molecule has 0 aromatic heterocycles. The second-order valence-corrected chi connectivity index (χ2v) is 6.58. The van der Waals surface area contributed by atoms with E-state index in [1.165, 1.54) is 51.4 Å². The molecule has 0 aromatic carbocycles. The Bertz CT molecular complexity index is 283. The van der Waals surface area contributed by atoms with Crippen LogP contribution >= 0.6 is 0 Å². The Morgan fingerprint density at radius 2 is 1.50 bits per heavy atom. The smallest absolute Gasteiger partial charge is 0.328 e. The monoisotopic (exact) mass is 318 g/mol. The molecule has 0 heterocycles. The fraction of sp³-hybridized carbons (Fsp3) is 0.875. The van der Waals surface area contributed by atoms with Crippen molar-refractivity contribution in [2.45, 2.75) is 64.2 Å². The van der Waals surface area contributed by atoms with Gasteiger partial charge in [0.2, 0.25) is 0 Å². The zero-order valence-electron chi connectivity index (χ0n) is 11.9. The number of hydrogen-bond donors (Lipinski definition) is 0. The van der Waals surface area contributed by atoms with Crippen LogP contribution in [0.3, 0.4) is 0 Å². The molecule has 0 amide bonds. The molecule has 0 aliphatic heterocycles. The molecule has 96 valence electrons. The van der Waals surface area contributed by atoms with E-state index in [0.717, 1.165) is 36.5 Å². The van der Waals surface area contributed by atoms with Gasteiger partial charge in [-0.15, -0.1) is 0 Å². The van der Waals surface area contributed by atoms with Crippen molar-refractivity contribution >= 4 is 5.78 Å². The van der Waals surface area contributed by atoms with Crippen LogP contribution in [-0.2, 0) is 4.79 Å². The molecule has 3 aliphatic carbocycles. The van der Waals surface area contributed by atoms with E-state index in [2.05, 4.69) is 6.42 Å². The molecule has 3 fully saturated rings. The van der Waals surface area contributed by atoms with Gasteiger partial charge in [-0.3, -0.25) is 4.79 Å². The molecular formula is C16H25ORb. The predicted octanol–water partition coefficient (Wildman–Crippen LogP) is 1.17. The number of ketones is 1. The first-order valence-electron chi connectivity index (χ1n) is 7.66. The van der Waals surface area contributed by atoms with E-state index < -0.39 is 0 Å².